The third-order valence-electron chi connectivity index (χ3n) is 5.26. The number of nitrogens with one attached hydrogen (secondary N) is 2. The monoisotopic (exact) mass is 378 g/mol. The summed E-state index contributed by atoms with van der Waals surface area (Å²) >= 11 is 0. The van der Waals surface area contributed by atoms with E-state index in [-0.39, 0.29) is 11.8 Å². The molecule has 0 aliphatic carbocycles. The summed E-state index contributed by atoms with van der Waals surface area (Å²) in [6.45, 7) is 3.82. The van der Waals surface area contributed by atoms with E-state index in [1.165, 1.54) is 0 Å². The number of hydrogen-bond acceptors (Lipinski definition) is 4. The first-order valence-electron chi connectivity index (χ1n) is 9.88. The molecule has 0 spiro atoms. The van der Waals surface area contributed by atoms with Crippen LogP contribution < -0.4 is 5.32 Å². The van der Waals surface area contributed by atoms with Crippen molar-refractivity contribution in [2.75, 3.05) is 25.0 Å². The molecule has 28 heavy (non-hydrogen) atoms. The number of aryl methyl sites for hydroxylation is 1. The molecule has 7 heteroatoms. The van der Waals surface area contributed by atoms with Crippen LogP contribution in [0.4, 0.5) is 5.69 Å². The number of hydrogen-bond donors (Lipinski definition) is 2. The fourth-order valence-electron chi connectivity index (χ4n) is 3.76. The van der Waals surface area contributed by atoms with Crippen LogP contribution in [0, 0.1) is 5.92 Å². The molecule has 1 saturated heterocycles. The van der Waals surface area contributed by atoms with Gasteiger partial charge in [-0.05, 0) is 62.2 Å². The Balaban J connectivity index is 1.26. The zero-order chi connectivity index (χ0) is 19.2. The summed E-state index contributed by atoms with van der Waals surface area (Å²) in [6.07, 6.45) is 8.60. The first kappa shape index (κ1) is 18.4. The number of benzene rings is 1. The molecule has 1 fully saturated rings. The maximum atomic E-state index is 12.7. The molecule has 1 amide bonds. The van der Waals surface area contributed by atoms with Crippen LogP contribution in [-0.4, -0.2) is 50.4 Å². The fourth-order valence-corrected chi connectivity index (χ4v) is 3.76. The van der Waals surface area contributed by atoms with Crippen LogP contribution in [0.15, 0.2) is 55.0 Å². The number of nitrogens with zero attached hydrogens (tertiary/aromatic N) is 4. The SMILES string of the molecule is O=C(Nc1ccc(-c2ccn[nH]2)cc1)[C@@H]1CCCN(CCCn2cccn2)C1. The lowest BCUT2D eigenvalue weighted by Gasteiger charge is -2.32. The van der Waals surface area contributed by atoms with Crippen LogP contribution in [0.2, 0.25) is 0 Å². The molecule has 0 unspecified atom stereocenters. The molecule has 146 valence electrons. The highest BCUT2D eigenvalue weighted by atomic mass is 16.1. The Labute approximate surface area is 164 Å². The molecule has 0 radical (unpaired) electrons. The zero-order valence-corrected chi connectivity index (χ0v) is 15.9. The molecule has 2 aromatic heterocycles. The first-order chi connectivity index (χ1) is 13.8. The van der Waals surface area contributed by atoms with E-state index in [9.17, 15) is 4.79 Å². The van der Waals surface area contributed by atoms with Crippen molar-refractivity contribution in [2.24, 2.45) is 5.92 Å². The number of piperidine rings is 1. The zero-order valence-electron chi connectivity index (χ0n) is 15.9. The minimum Gasteiger partial charge on any atom is -0.326 e. The Morgan fingerprint density at radius 2 is 2.07 bits per heavy atom. The lowest BCUT2D eigenvalue weighted by atomic mass is 9.97. The van der Waals surface area contributed by atoms with Crippen LogP contribution in [0.25, 0.3) is 11.3 Å². The Kier molecular flexibility index (Phi) is 5.82. The standard InChI is InChI=1S/C21H26N6O/c28-21(24-19-7-5-17(6-8-19)20-9-11-22-25-20)18-4-1-12-26(16-18)13-3-15-27-14-2-10-23-27/h2,5-11,14,18H,1,3-4,12-13,15-16H2,(H,22,25)(H,24,28)/t18-/m1/s1. The van der Waals surface area contributed by atoms with E-state index in [1.54, 1.807) is 6.20 Å². The van der Waals surface area contributed by atoms with Crippen molar-refractivity contribution in [2.45, 2.75) is 25.8 Å². The molecule has 3 aromatic rings. The van der Waals surface area contributed by atoms with Gasteiger partial charge < -0.3 is 10.2 Å². The van der Waals surface area contributed by atoms with Crippen molar-refractivity contribution in [3.8, 4) is 11.3 Å². The molecule has 4 rings (SSSR count). The molecule has 1 aliphatic heterocycles. The molecule has 2 N–H and O–H groups in total. The number of amides is 1. The van der Waals surface area contributed by atoms with E-state index < -0.39 is 0 Å². The predicted molar refractivity (Wildman–Crippen MR) is 109 cm³/mol. The van der Waals surface area contributed by atoms with Gasteiger partial charge in [-0.2, -0.15) is 10.2 Å². The summed E-state index contributed by atoms with van der Waals surface area (Å²) in [5.41, 5.74) is 2.86. The van der Waals surface area contributed by atoms with E-state index in [0.29, 0.717) is 0 Å². The number of anilines is 1. The maximum absolute atomic E-state index is 12.7. The average Bonchev–Trinajstić information content (AvgIpc) is 3.43. The van der Waals surface area contributed by atoms with Gasteiger partial charge in [0.25, 0.3) is 0 Å². The number of aromatic nitrogens is 4. The number of aromatic amines is 1. The largest absolute Gasteiger partial charge is 0.326 e. The summed E-state index contributed by atoms with van der Waals surface area (Å²) in [5.74, 6) is 0.164. The van der Waals surface area contributed by atoms with E-state index in [1.807, 2.05) is 53.5 Å². The summed E-state index contributed by atoms with van der Waals surface area (Å²) in [6, 6.07) is 11.7. The Hall–Kier alpha value is -2.93. The number of H-pyrrole nitrogens is 1. The van der Waals surface area contributed by atoms with Gasteiger partial charge in [-0.15, -0.1) is 0 Å². The topological polar surface area (TPSA) is 78.8 Å². The second-order valence-corrected chi connectivity index (χ2v) is 7.30. The van der Waals surface area contributed by atoms with Gasteiger partial charge in [-0.3, -0.25) is 14.6 Å². The Morgan fingerprint density at radius 1 is 1.18 bits per heavy atom. The third kappa shape index (κ3) is 4.67. The highest BCUT2D eigenvalue weighted by Gasteiger charge is 2.25. The van der Waals surface area contributed by atoms with Gasteiger partial charge in [-0.1, -0.05) is 12.1 Å². The average molecular weight is 378 g/mol. The normalized spacial score (nSPS) is 17.5. The molecule has 3 heterocycles. The van der Waals surface area contributed by atoms with E-state index >= 15 is 0 Å². The number of likely N-dealkylation sites (tertiary alicyclic amines) is 1. The van der Waals surface area contributed by atoms with E-state index in [4.69, 9.17) is 0 Å². The van der Waals surface area contributed by atoms with Gasteiger partial charge in [0, 0.05) is 37.4 Å². The molecule has 0 bridgehead atoms. The van der Waals surface area contributed by atoms with Gasteiger partial charge in [0.15, 0.2) is 0 Å². The Bertz CT molecular complexity index is 857. The fraction of sp³-hybridized carbons (Fsp3) is 0.381. The van der Waals surface area contributed by atoms with Gasteiger partial charge in [-0.25, -0.2) is 0 Å². The summed E-state index contributed by atoms with van der Waals surface area (Å²) in [5, 5.41) is 14.2. The second kappa shape index (κ2) is 8.84. The molecular weight excluding hydrogens is 352 g/mol. The smallest absolute Gasteiger partial charge is 0.228 e. The van der Waals surface area contributed by atoms with E-state index in [0.717, 1.165) is 62.4 Å². The van der Waals surface area contributed by atoms with Crippen LogP contribution >= 0.6 is 0 Å². The number of rotatable bonds is 7. The number of carbonyl (C=O) groups is 1. The van der Waals surface area contributed by atoms with Crippen molar-refractivity contribution in [3.63, 3.8) is 0 Å². The molecule has 1 aliphatic rings. The van der Waals surface area contributed by atoms with Gasteiger partial charge in [0.1, 0.15) is 0 Å². The van der Waals surface area contributed by atoms with Crippen LogP contribution in [0.3, 0.4) is 0 Å². The van der Waals surface area contributed by atoms with Crippen molar-refractivity contribution >= 4 is 11.6 Å². The molecule has 1 atom stereocenters. The van der Waals surface area contributed by atoms with Crippen LogP contribution in [0.5, 0.6) is 0 Å². The summed E-state index contributed by atoms with van der Waals surface area (Å²) in [7, 11) is 0. The van der Waals surface area contributed by atoms with Gasteiger partial charge in [0.2, 0.25) is 5.91 Å². The molecule has 0 saturated carbocycles. The van der Waals surface area contributed by atoms with Gasteiger partial charge in [0.05, 0.1) is 11.6 Å². The lowest BCUT2D eigenvalue weighted by Crippen LogP contribution is -2.41. The van der Waals surface area contributed by atoms with Crippen molar-refractivity contribution in [1.82, 2.24) is 24.9 Å². The van der Waals surface area contributed by atoms with Gasteiger partial charge >= 0.3 is 0 Å². The molecule has 7 nitrogen and oxygen atoms in total. The van der Waals surface area contributed by atoms with Crippen LogP contribution in [-0.2, 0) is 11.3 Å². The minimum absolute atomic E-state index is 0.0470. The third-order valence-corrected chi connectivity index (χ3v) is 5.26. The Morgan fingerprint density at radius 3 is 2.82 bits per heavy atom. The molecular formula is C21H26N6O. The lowest BCUT2D eigenvalue weighted by molar-refractivity contribution is -0.121. The first-order valence-corrected chi connectivity index (χ1v) is 9.88. The number of carbonyl (C=O) groups excluding carboxylic acids is 1. The highest BCUT2D eigenvalue weighted by Crippen LogP contribution is 2.22. The quantitative estimate of drug-likeness (QED) is 0.662. The second-order valence-electron chi connectivity index (χ2n) is 7.30. The van der Waals surface area contributed by atoms with E-state index in [2.05, 4.69) is 25.5 Å². The van der Waals surface area contributed by atoms with Crippen LogP contribution in [0.1, 0.15) is 19.3 Å². The summed E-state index contributed by atoms with van der Waals surface area (Å²) < 4.78 is 1.96. The highest BCUT2D eigenvalue weighted by molar-refractivity contribution is 5.93. The maximum Gasteiger partial charge on any atom is 0.228 e. The van der Waals surface area contributed by atoms with Crippen molar-refractivity contribution in [1.29, 1.82) is 0 Å². The van der Waals surface area contributed by atoms with Crippen molar-refractivity contribution in [3.05, 3.63) is 55.0 Å². The predicted octanol–water partition coefficient (Wildman–Crippen LogP) is 3.01. The molecule has 1 aromatic carbocycles. The van der Waals surface area contributed by atoms with Crippen molar-refractivity contribution < 1.29 is 4.79 Å². The minimum atomic E-state index is 0.0470. The summed E-state index contributed by atoms with van der Waals surface area (Å²) in [4.78, 5) is 15.1.